The molecular weight excluding hydrogens is 508 g/mol. The molecule has 0 aliphatic heterocycles. The van der Waals surface area contributed by atoms with Crippen molar-refractivity contribution in [1.82, 2.24) is 0 Å². The number of hydrogen-bond donors (Lipinski definition) is 1. The van der Waals surface area contributed by atoms with E-state index in [1.165, 1.54) is 0 Å². The highest BCUT2D eigenvalue weighted by atomic mass is 127. The molecule has 0 saturated carbocycles. The van der Waals surface area contributed by atoms with E-state index in [1.54, 1.807) is 0 Å². The van der Waals surface area contributed by atoms with Gasteiger partial charge < -0.3 is 14.8 Å². The number of nitrogens with one attached hydrogen (secondary N) is 1. The van der Waals surface area contributed by atoms with Crippen LogP contribution in [-0.4, -0.2) is 6.61 Å². The summed E-state index contributed by atoms with van der Waals surface area (Å²) in [6, 6.07) is 19.4. The zero-order valence-corrected chi connectivity index (χ0v) is 19.0. The van der Waals surface area contributed by atoms with Crippen LogP contribution in [0.2, 0.25) is 10.0 Å². The van der Waals surface area contributed by atoms with Gasteiger partial charge in [0.25, 0.3) is 0 Å². The van der Waals surface area contributed by atoms with E-state index < -0.39 is 0 Å². The van der Waals surface area contributed by atoms with E-state index in [4.69, 9.17) is 32.7 Å². The van der Waals surface area contributed by atoms with Crippen molar-refractivity contribution in [2.45, 2.75) is 20.1 Å². The molecule has 0 saturated heterocycles. The van der Waals surface area contributed by atoms with Crippen molar-refractivity contribution < 1.29 is 9.47 Å². The van der Waals surface area contributed by atoms with Crippen molar-refractivity contribution in [3.63, 3.8) is 0 Å². The van der Waals surface area contributed by atoms with E-state index in [0.29, 0.717) is 29.8 Å². The average Bonchev–Trinajstić information content (AvgIpc) is 2.68. The number of para-hydroxylation sites is 1. The van der Waals surface area contributed by atoms with E-state index in [1.807, 2.05) is 61.5 Å². The lowest BCUT2D eigenvalue weighted by Crippen LogP contribution is -2.05. The molecule has 0 radical (unpaired) electrons. The molecule has 0 fully saturated rings. The molecule has 0 aromatic heterocycles. The van der Waals surface area contributed by atoms with Crippen LogP contribution in [0.5, 0.6) is 11.5 Å². The first-order chi connectivity index (χ1) is 13.6. The lowest BCUT2D eigenvalue weighted by Gasteiger charge is -2.16. The van der Waals surface area contributed by atoms with Gasteiger partial charge in [-0.05, 0) is 65.4 Å². The Balaban J connectivity index is 1.77. The third kappa shape index (κ3) is 5.46. The molecule has 28 heavy (non-hydrogen) atoms. The normalized spacial score (nSPS) is 10.6. The fourth-order valence-corrected chi connectivity index (χ4v) is 3.91. The number of benzene rings is 3. The summed E-state index contributed by atoms with van der Waals surface area (Å²) in [5.41, 5.74) is 2.92. The van der Waals surface area contributed by atoms with Crippen molar-refractivity contribution in [3.05, 3.63) is 85.4 Å². The summed E-state index contributed by atoms with van der Waals surface area (Å²) in [6.07, 6.45) is 0. The lowest BCUT2D eigenvalue weighted by atomic mass is 10.2. The third-order valence-electron chi connectivity index (χ3n) is 4.06. The Bertz CT molecular complexity index is 950. The molecule has 0 heterocycles. The Morgan fingerprint density at radius 2 is 1.64 bits per heavy atom. The van der Waals surface area contributed by atoms with Gasteiger partial charge in [-0.15, -0.1) is 0 Å². The number of halogens is 3. The molecule has 0 bridgehead atoms. The summed E-state index contributed by atoms with van der Waals surface area (Å²) < 4.78 is 12.9. The third-order valence-corrected chi connectivity index (χ3v) is 5.56. The molecule has 0 aliphatic carbocycles. The first-order valence-corrected chi connectivity index (χ1v) is 10.7. The van der Waals surface area contributed by atoms with Crippen LogP contribution in [-0.2, 0) is 13.2 Å². The van der Waals surface area contributed by atoms with Gasteiger partial charge in [0.1, 0.15) is 6.61 Å². The van der Waals surface area contributed by atoms with Crippen LogP contribution in [0.1, 0.15) is 18.1 Å². The molecule has 3 aromatic rings. The van der Waals surface area contributed by atoms with E-state index in [9.17, 15) is 0 Å². The molecule has 146 valence electrons. The fourth-order valence-electron chi connectivity index (χ4n) is 2.69. The van der Waals surface area contributed by atoms with Crippen molar-refractivity contribution in [2.24, 2.45) is 0 Å². The minimum Gasteiger partial charge on any atom is -0.490 e. The van der Waals surface area contributed by atoms with Crippen molar-refractivity contribution in [2.75, 3.05) is 11.9 Å². The topological polar surface area (TPSA) is 30.5 Å². The summed E-state index contributed by atoms with van der Waals surface area (Å²) in [6.45, 7) is 3.52. The van der Waals surface area contributed by atoms with E-state index in [0.717, 1.165) is 31.9 Å². The van der Waals surface area contributed by atoms with Crippen LogP contribution in [0.4, 0.5) is 5.69 Å². The Morgan fingerprint density at radius 1 is 0.929 bits per heavy atom. The van der Waals surface area contributed by atoms with Crippen molar-refractivity contribution in [1.29, 1.82) is 0 Å². The highest BCUT2D eigenvalue weighted by Gasteiger charge is 2.13. The molecule has 6 heteroatoms. The lowest BCUT2D eigenvalue weighted by molar-refractivity contribution is 0.267. The van der Waals surface area contributed by atoms with Crippen LogP contribution >= 0.6 is 45.8 Å². The van der Waals surface area contributed by atoms with E-state index in [-0.39, 0.29) is 0 Å². The Hall–Kier alpha value is -1.63. The molecule has 0 atom stereocenters. The van der Waals surface area contributed by atoms with Gasteiger partial charge >= 0.3 is 0 Å². The molecule has 1 N–H and O–H groups in total. The first kappa shape index (κ1) is 21.1. The number of rotatable bonds is 8. The molecule has 0 amide bonds. The summed E-state index contributed by atoms with van der Waals surface area (Å²) in [7, 11) is 0. The Morgan fingerprint density at radius 3 is 2.36 bits per heavy atom. The second-order valence-corrected chi connectivity index (χ2v) is 8.03. The monoisotopic (exact) mass is 527 g/mol. The Labute approximate surface area is 189 Å². The fraction of sp³-hybridized carbons (Fsp3) is 0.182. The zero-order valence-electron chi connectivity index (χ0n) is 15.3. The van der Waals surface area contributed by atoms with Gasteiger partial charge in [-0.1, -0.05) is 53.5 Å². The molecule has 0 unspecified atom stereocenters. The van der Waals surface area contributed by atoms with Crippen molar-refractivity contribution in [3.8, 4) is 11.5 Å². The first-order valence-electron chi connectivity index (χ1n) is 8.88. The molecule has 3 nitrogen and oxygen atoms in total. The van der Waals surface area contributed by atoms with Crippen LogP contribution in [0.3, 0.4) is 0 Å². The van der Waals surface area contributed by atoms with Gasteiger partial charge in [-0.2, -0.15) is 0 Å². The summed E-state index contributed by atoms with van der Waals surface area (Å²) in [5, 5.41) is 4.75. The smallest absolute Gasteiger partial charge is 0.174 e. The van der Waals surface area contributed by atoms with Gasteiger partial charge in [0.2, 0.25) is 0 Å². The standard InChI is InChI=1S/C22H20Cl2INO2/c1-2-27-21-12-15(13-26-20-10-6-5-9-18(20)24)11-19(25)22(21)28-14-16-7-3-4-8-17(16)23/h3-12,26H,2,13-14H2,1H3. The summed E-state index contributed by atoms with van der Waals surface area (Å²) in [4.78, 5) is 0. The van der Waals surface area contributed by atoms with Crippen LogP contribution in [0.25, 0.3) is 0 Å². The highest BCUT2D eigenvalue weighted by molar-refractivity contribution is 14.1. The maximum atomic E-state index is 6.24. The number of hydrogen-bond acceptors (Lipinski definition) is 3. The largest absolute Gasteiger partial charge is 0.490 e. The van der Waals surface area contributed by atoms with Gasteiger partial charge in [0.05, 0.1) is 20.9 Å². The van der Waals surface area contributed by atoms with E-state index in [2.05, 4.69) is 34.0 Å². The SMILES string of the molecule is CCOc1cc(CNc2ccccc2Cl)cc(I)c1OCc1ccccc1Cl. The quantitative estimate of drug-likeness (QED) is 0.314. The zero-order chi connectivity index (χ0) is 19.9. The van der Waals surface area contributed by atoms with Crippen LogP contribution in [0.15, 0.2) is 60.7 Å². The van der Waals surface area contributed by atoms with Gasteiger partial charge in [-0.3, -0.25) is 0 Å². The predicted octanol–water partition coefficient (Wildman–Crippen LogP) is 7.19. The predicted molar refractivity (Wildman–Crippen MR) is 125 cm³/mol. The molecule has 0 aliphatic rings. The second-order valence-electron chi connectivity index (χ2n) is 6.05. The van der Waals surface area contributed by atoms with Crippen LogP contribution < -0.4 is 14.8 Å². The average molecular weight is 528 g/mol. The van der Waals surface area contributed by atoms with Gasteiger partial charge in [0.15, 0.2) is 11.5 Å². The van der Waals surface area contributed by atoms with Crippen LogP contribution in [0, 0.1) is 3.57 Å². The summed E-state index contributed by atoms with van der Waals surface area (Å²) in [5.74, 6) is 1.45. The molecule has 0 spiro atoms. The maximum absolute atomic E-state index is 6.24. The molecule has 3 rings (SSSR count). The molecular formula is C22H20Cl2INO2. The highest BCUT2D eigenvalue weighted by Crippen LogP contribution is 2.35. The molecule has 3 aromatic carbocycles. The minimum atomic E-state index is 0.382. The van der Waals surface area contributed by atoms with Gasteiger partial charge in [-0.25, -0.2) is 0 Å². The Kier molecular flexibility index (Phi) is 7.71. The number of anilines is 1. The van der Waals surface area contributed by atoms with Gasteiger partial charge in [0, 0.05) is 17.1 Å². The summed E-state index contributed by atoms with van der Waals surface area (Å²) >= 11 is 14.7. The minimum absolute atomic E-state index is 0.382. The van der Waals surface area contributed by atoms with E-state index >= 15 is 0 Å². The maximum Gasteiger partial charge on any atom is 0.174 e. The second kappa shape index (κ2) is 10.2. The van der Waals surface area contributed by atoms with Crippen molar-refractivity contribution >= 4 is 51.5 Å². The number of ether oxygens (including phenoxy) is 2.